The van der Waals surface area contributed by atoms with E-state index in [0.717, 1.165) is 48.7 Å². The standard InChI is InChI=1S/C26H38O3/c1-15-2-17-3-16(1)8-25(7-15,9-17)23(21-13-27-21)29-24(22-14-28-22)26-10-18-4-19(11-26)6-20(5-18)12-26/h15-24H,1-14H2. The summed E-state index contributed by atoms with van der Waals surface area (Å²) in [5.74, 6) is 5.92. The number of epoxide rings is 2. The zero-order chi connectivity index (χ0) is 18.8. The fourth-order valence-corrected chi connectivity index (χ4v) is 10.9. The third-order valence-electron chi connectivity index (χ3n) is 11.1. The fourth-order valence-electron chi connectivity index (χ4n) is 10.9. The van der Waals surface area contributed by atoms with Crippen molar-refractivity contribution in [2.75, 3.05) is 13.2 Å². The summed E-state index contributed by atoms with van der Waals surface area (Å²) in [4.78, 5) is 0. The van der Waals surface area contributed by atoms with Crippen molar-refractivity contribution in [1.82, 2.24) is 0 Å². The Kier molecular flexibility index (Phi) is 3.49. The molecule has 0 amide bonds. The summed E-state index contributed by atoms with van der Waals surface area (Å²) >= 11 is 0. The van der Waals surface area contributed by atoms with Crippen molar-refractivity contribution in [3.8, 4) is 0 Å². The lowest BCUT2D eigenvalue weighted by Crippen LogP contribution is -2.59. The van der Waals surface area contributed by atoms with Crippen molar-refractivity contribution in [2.45, 2.75) is 101 Å². The molecule has 4 atom stereocenters. The normalized spacial score (nSPS) is 60.4. The molecule has 8 bridgehead atoms. The molecule has 8 aliphatic carbocycles. The second kappa shape index (κ2) is 5.81. The molecule has 4 unspecified atom stereocenters. The average molecular weight is 399 g/mol. The van der Waals surface area contributed by atoms with Crippen molar-refractivity contribution in [3.05, 3.63) is 0 Å². The van der Waals surface area contributed by atoms with E-state index in [2.05, 4.69) is 0 Å². The lowest BCUT2D eigenvalue weighted by Gasteiger charge is -2.62. The largest absolute Gasteiger partial charge is 0.370 e. The minimum atomic E-state index is 0.359. The molecule has 3 nitrogen and oxygen atoms in total. The van der Waals surface area contributed by atoms with E-state index in [1.165, 1.54) is 77.0 Å². The van der Waals surface area contributed by atoms with Gasteiger partial charge in [0.2, 0.25) is 0 Å². The summed E-state index contributed by atoms with van der Waals surface area (Å²) in [5.41, 5.74) is 0.872. The van der Waals surface area contributed by atoms with E-state index in [4.69, 9.17) is 14.2 Å². The summed E-state index contributed by atoms with van der Waals surface area (Å²) in [6, 6.07) is 0. The molecule has 0 spiro atoms. The second-order valence-electron chi connectivity index (χ2n) is 13.3. The third kappa shape index (κ3) is 2.65. The molecule has 8 saturated carbocycles. The predicted molar refractivity (Wildman–Crippen MR) is 109 cm³/mol. The van der Waals surface area contributed by atoms with Crippen LogP contribution in [0.3, 0.4) is 0 Å². The topological polar surface area (TPSA) is 34.3 Å². The minimum absolute atomic E-state index is 0.359. The van der Waals surface area contributed by atoms with Gasteiger partial charge < -0.3 is 14.2 Å². The Balaban J connectivity index is 1.13. The van der Waals surface area contributed by atoms with Gasteiger partial charge in [-0.3, -0.25) is 0 Å². The molecule has 29 heavy (non-hydrogen) atoms. The highest BCUT2D eigenvalue weighted by atomic mass is 16.6. The van der Waals surface area contributed by atoms with E-state index in [1.54, 1.807) is 0 Å². The monoisotopic (exact) mass is 398 g/mol. The van der Waals surface area contributed by atoms with E-state index >= 15 is 0 Å². The summed E-state index contributed by atoms with van der Waals surface area (Å²) in [5, 5.41) is 0. The van der Waals surface area contributed by atoms with Gasteiger partial charge in [-0.15, -0.1) is 0 Å². The van der Waals surface area contributed by atoms with Crippen LogP contribution in [0.5, 0.6) is 0 Å². The number of ether oxygens (including phenoxy) is 3. The first-order valence-corrected chi connectivity index (χ1v) is 13.1. The Morgan fingerprint density at radius 3 is 1.03 bits per heavy atom. The van der Waals surface area contributed by atoms with Crippen molar-refractivity contribution in [1.29, 1.82) is 0 Å². The first-order valence-electron chi connectivity index (χ1n) is 13.1. The van der Waals surface area contributed by atoms with Crippen molar-refractivity contribution in [2.24, 2.45) is 46.3 Å². The van der Waals surface area contributed by atoms with Gasteiger partial charge in [0.1, 0.15) is 12.2 Å². The Morgan fingerprint density at radius 2 is 0.793 bits per heavy atom. The SMILES string of the molecule is C1C2CC3CC1CC(C(OC(C1CO1)C14CC5CC(CC(C5)C1)C4)C1CO1)(C2)C3. The van der Waals surface area contributed by atoms with Crippen molar-refractivity contribution < 1.29 is 14.2 Å². The van der Waals surface area contributed by atoms with E-state index in [0.29, 0.717) is 35.2 Å². The van der Waals surface area contributed by atoms with E-state index in [1.807, 2.05) is 0 Å². The Morgan fingerprint density at radius 1 is 0.517 bits per heavy atom. The summed E-state index contributed by atoms with van der Waals surface area (Å²) in [6.45, 7) is 1.90. The summed E-state index contributed by atoms with van der Waals surface area (Å²) in [7, 11) is 0. The first-order chi connectivity index (χ1) is 14.2. The van der Waals surface area contributed by atoms with E-state index in [9.17, 15) is 0 Å². The van der Waals surface area contributed by atoms with Gasteiger partial charge in [0.25, 0.3) is 0 Å². The molecule has 0 aromatic heterocycles. The molecule has 2 aliphatic heterocycles. The van der Waals surface area contributed by atoms with Crippen LogP contribution in [0.15, 0.2) is 0 Å². The molecule has 10 rings (SSSR count). The maximum Gasteiger partial charge on any atom is 0.108 e. The van der Waals surface area contributed by atoms with Crippen molar-refractivity contribution >= 4 is 0 Å². The molecule has 0 radical (unpaired) electrons. The molecule has 10 fully saturated rings. The Hall–Kier alpha value is -0.120. The van der Waals surface area contributed by atoms with Crippen LogP contribution < -0.4 is 0 Å². The maximum atomic E-state index is 7.42. The van der Waals surface area contributed by atoms with Crippen LogP contribution in [-0.2, 0) is 14.2 Å². The average Bonchev–Trinajstić information content (AvgIpc) is 3.54. The third-order valence-corrected chi connectivity index (χ3v) is 11.1. The molecule has 2 saturated heterocycles. The molecular weight excluding hydrogens is 360 g/mol. The van der Waals surface area contributed by atoms with Gasteiger partial charge >= 0.3 is 0 Å². The maximum absolute atomic E-state index is 7.42. The predicted octanol–water partition coefficient (Wildman–Crippen LogP) is 4.97. The summed E-state index contributed by atoms with van der Waals surface area (Å²) in [6.07, 6.45) is 19.2. The smallest absolute Gasteiger partial charge is 0.108 e. The Bertz CT molecular complexity index is 563. The van der Waals surface area contributed by atoms with Crippen LogP contribution >= 0.6 is 0 Å². The zero-order valence-electron chi connectivity index (χ0n) is 17.9. The molecule has 2 heterocycles. The van der Waals surface area contributed by atoms with Crippen molar-refractivity contribution in [3.63, 3.8) is 0 Å². The minimum Gasteiger partial charge on any atom is -0.370 e. The van der Waals surface area contributed by atoms with Gasteiger partial charge in [0.05, 0.1) is 25.4 Å². The van der Waals surface area contributed by atoms with Crippen LogP contribution in [0.4, 0.5) is 0 Å². The lowest BCUT2D eigenvalue weighted by molar-refractivity contribution is -0.217. The number of hydrogen-bond donors (Lipinski definition) is 0. The molecular formula is C26H38O3. The fraction of sp³-hybridized carbons (Fsp3) is 1.00. The number of hydrogen-bond acceptors (Lipinski definition) is 3. The van der Waals surface area contributed by atoms with Crippen LogP contribution in [0, 0.1) is 46.3 Å². The van der Waals surface area contributed by atoms with Crippen LogP contribution in [0.25, 0.3) is 0 Å². The highest BCUT2D eigenvalue weighted by Gasteiger charge is 2.63. The second-order valence-corrected chi connectivity index (χ2v) is 13.3. The molecule has 0 N–H and O–H groups in total. The van der Waals surface area contributed by atoms with Crippen LogP contribution in [-0.4, -0.2) is 37.6 Å². The molecule has 160 valence electrons. The lowest BCUT2D eigenvalue weighted by atomic mass is 9.47. The van der Waals surface area contributed by atoms with Gasteiger partial charge in [-0.25, -0.2) is 0 Å². The molecule has 10 aliphatic rings. The van der Waals surface area contributed by atoms with E-state index in [-0.39, 0.29) is 0 Å². The van der Waals surface area contributed by atoms with Crippen LogP contribution in [0.1, 0.15) is 77.0 Å². The first kappa shape index (κ1) is 17.4. The van der Waals surface area contributed by atoms with Gasteiger partial charge in [0, 0.05) is 10.8 Å². The van der Waals surface area contributed by atoms with Crippen LogP contribution in [0.2, 0.25) is 0 Å². The quantitative estimate of drug-likeness (QED) is 0.592. The van der Waals surface area contributed by atoms with Gasteiger partial charge in [0.15, 0.2) is 0 Å². The highest BCUT2D eigenvalue weighted by Crippen LogP contribution is 2.66. The zero-order valence-corrected chi connectivity index (χ0v) is 17.9. The summed E-state index contributed by atoms with van der Waals surface area (Å²) < 4.78 is 19.4. The highest BCUT2D eigenvalue weighted by molar-refractivity contribution is 5.11. The van der Waals surface area contributed by atoms with Gasteiger partial charge in [-0.2, -0.15) is 0 Å². The van der Waals surface area contributed by atoms with Gasteiger partial charge in [-0.1, -0.05) is 0 Å². The molecule has 3 heteroatoms. The molecule has 0 aromatic carbocycles. The number of rotatable bonds is 6. The Labute approximate surface area is 175 Å². The molecule has 0 aromatic rings. The van der Waals surface area contributed by atoms with E-state index < -0.39 is 0 Å². The van der Waals surface area contributed by atoms with Gasteiger partial charge in [-0.05, 0) is 113 Å².